The molecule has 1 amide bonds. The van der Waals surface area contributed by atoms with Gasteiger partial charge in [0.05, 0.1) is 6.54 Å². The largest absolute Gasteiger partial charge is 0.350 e. The summed E-state index contributed by atoms with van der Waals surface area (Å²) in [6.45, 7) is 8.30. The zero-order chi connectivity index (χ0) is 29.8. The van der Waals surface area contributed by atoms with Crippen LogP contribution in [0.4, 0.5) is 0 Å². The van der Waals surface area contributed by atoms with Crippen molar-refractivity contribution in [1.29, 1.82) is 0 Å². The van der Waals surface area contributed by atoms with Crippen molar-refractivity contribution in [2.75, 3.05) is 11.5 Å². The van der Waals surface area contributed by atoms with Crippen molar-refractivity contribution in [3.8, 4) is 0 Å². The van der Waals surface area contributed by atoms with E-state index >= 15 is 0 Å². The predicted octanol–water partition coefficient (Wildman–Crippen LogP) is 6.79. The standard InChI is InChI=1S/C31H45N3O4S3/c1-5-6-7-8-9-13-29(38)39-14-11-10-12-22-15-25(35)23(21(2)3)17-26(36)31(4)20-41-30(34-31)24-19-40-28(33-24)18-32-27(37)16-22/h10,12,19,21-23H,5-9,11,13-18,20H2,1-4H3,(H,32,37)/b12-10+/t22-,23-,31-/m0/s1. The number of hydrogen-bond acceptors (Lipinski definition) is 9. The van der Waals surface area contributed by atoms with Crippen LogP contribution in [-0.2, 0) is 25.7 Å². The second-order valence-corrected chi connectivity index (χ2v) is 14.7. The Hall–Kier alpha value is -1.78. The van der Waals surface area contributed by atoms with Crippen molar-refractivity contribution < 1.29 is 19.2 Å². The highest BCUT2D eigenvalue weighted by Gasteiger charge is 2.41. The first-order chi connectivity index (χ1) is 19.6. The first kappa shape index (κ1) is 33.7. The van der Waals surface area contributed by atoms with Crippen molar-refractivity contribution >= 4 is 62.5 Å². The molecule has 1 aromatic heterocycles. The molecule has 2 aliphatic rings. The summed E-state index contributed by atoms with van der Waals surface area (Å²) in [4.78, 5) is 61.5. The Balaban J connectivity index is 1.66. The molecular weight excluding hydrogens is 575 g/mol. The summed E-state index contributed by atoms with van der Waals surface area (Å²) in [5.74, 6) is 0.368. The molecule has 10 heteroatoms. The molecule has 0 aromatic carbocycles. The van der Waals surface area contributed by atoms with E-state index in [0.29, 0.717) is 30.9 Å². The summed E-state index contributed by atoms with van der Waals surface area (Å²) < 4.78 is 0. The van der Waals surface area contributed by atoms with E-state index in [0.717, 1.165) is 28.6 Å². The smallest absolute Gasteiger partial charge is 0.220 e. The third-order valence-corrected chi connectivity index (χ3v) is 10.7. The quantitative estimate of drug-likeness (QED) is 0.215. The number of carbonyl (C=O) groups excluding carboxylic acids is 4. The van der Waals surface area contributed by atoms with Gasteiger partial charge < -0.3 is 5.32 Å². The van der Waals surface area contributed by atoms with Gasteiger partial charge in [-0.15, -0.1) is 23.1 Å². The molecule has 1 N–H and O–H groups in total. The van der Waals surface area contributed by atoms with Crippen molar-refractivity contribution in [1.82, 2.24) is 10.3 Å². The number of nitrogens with one attached hydrogen (secondary N) is 1. The lowest BCUT2D eigenvalue weighted by molar-refractivity contribution is -0.131. The molecular formula is C31H45N3O4S3. The molecule has 0 spiro atoms. The first-order valence-corrected chi connectivity index (χ1v) is 17.8. The van der Waals surface area contributed by atoms with Crippen LogP contribution in [0, 0.1) is 17.8 Å². The number of allylic oxidation sites excluding steroid dienone is 2. The molecule has 1 aromatic rings. The number of thiazole rings is 1. The number of ketones is 2. The Morgan fingerprint density at radius 3 is 2.71 bits per heavy atom. The lowest BCUT2D eigenvalue weighted by Crippen LogP contribution is -2.38. The van der Waals surface area contributed by atoms with Gasteiger partial charge in [-0.2, -0.15) is 0 Å². The zero-order valence-electron chi connectivity index (χ0n) is 24.9. The van der Waals surface area contributed by atoms with Gasteiger partial charge in [-0.3, -0.25) is 24.2 Å². The molecule has 41 heavy (non-hydrogen) atoms. The van der Waals surface area contributed by atoms with Crippen molar-refractivity contribution in [3.63, 3.8) is 0 Å². The monoisotopic (exact) mass is 619 g/mol. The van der Waals surface area contributed by atoms with Gasteiger partial charge in [-0.25, -0.2) is 4.98 Å². The minimum Gasteiger partial charge on any atom is -0.350 e. The maximum atomic E-state index is 13.5. The number of aromatic nitrogens is 1. The fourth-order valence-corrected chi connectivity index (χ4v) is 7.71. The molecule has 2 aliphatic heterocycles. The number of Topliss-reactive ketones (excluding diaryl/α,β-unsaturated/α-hetero) is 2. The minimum atomic E-state index is -0.869. The number of hydrogen-bond donors (Lipinski definition) is 1. The van der Waals surface area contributed by atoms with Crippen LogP contribution >= 0.6 is 34.9 Å². The Labute approximate surface area is 257 Å². The van der Waals surface area contributed by atoms with Crippen LogP contribution in [0.25, 0.3) is 0 Å². The summed E-state index contributed by atoms with van der Waals surface area (Å²) in [7, 11) is 0. The molecule has 0 radical (unpaired) electrons. The number of thioether (sulfide) groups is 2. The van der Waals surface area contributed by atoms with Crippen LogP contribution < -0.4 is 5.32 Å². The predicted molar refractivity (Wildman–Crippen MR) is 172 cm³/mol. The fourth-order valence-electron chi connectivity index (χ4n) is 4.98. The normalized spacial score (nSPS) is 24.2. The van der Waals surface area contributed by atoms with Crippen LogP contribution in [-0.4, -0.2) is 49.7 Å². The molecule has 226 valence electrons. The highest BCUT2D eigenvalue weighted by atomic mass is 32.2. The van der Waals surface area contributed by atoms with E-state index in [1.54, 1.807) is 0 Å². The van der Waals surface area contributed by atoms with E-state index in [1.807, 2.05) is 38.3 Å². The number of carbonyl (C=O) groups is 4. The molecule has 4 bridgehead atoms. The second kappa shape index (κ2) is 16.8. The molecule has 0 unspecified atom stereocenters. The molecule has 0 saturated heterocycles. The summed E-state index contributed by atoms with van der Waals surface area (Å²) in [5, 5.41) is 6.63. The maximum Gasteiger partial charge on any atom is 0.220 e. The van der Waals surface area contributed by atoms with Gasteiger partial charge >= 0.3 is 0 Å². The Bertz CT molecular complexity index is 1130. The minimum absolute atomic E-state index is 0.00428. The van der Waals surface area contributed by atoms with Crippen LogP contribution in [0.15, 0.2) is 22.5 Å². The van der Waals surface area contributed by atoms with Crippen molar-refractivity contribution in [3.05, 3.63) is 28.2 Å². The van der Waals surface area contributed by atoms with Crippen LogP contribution in [0.3, 0.4) is 0 Å². The number of aliphatic imine (C=N–C) groups is 1. The SMILES string of the molecule is CCCCCCCC(=O)SCC/C=C/[C@@H]1CC(=O)NCc2nc(cs2)C2=N[C@@](C)(CS2)C(=O)C[C@@H](C(C)C)C(=O)C1. The third-order valence-electron chi connectivity index (χ3n) is 7.62. The molecule has 3 heterocycles. The molecule has 3 atom stereocenters. The van der Waals surface area contributed by atoms with Gasteiger partial charge in [0.15, 0.2) is 10.9 Å². The number of fused-ring (bicyclic) bond motifs is 4. The summed E-state index contributed by atoms with van der Waals surface area (Å²) in [6.07, 6.45) is 11.5. The number of rotatable bonds is 11. The van der Waals surface area contributed by atoms with E-state index in [4.69, 9.17) is 4.99 Å². The van der Waals surface area contributed by atoms with Gasteiger partial charge in [0, 0.05) is 48.5 Å². The topological polar surface area (TPSA) is 106 Å². The van der Waals surface area contributed by atoms with Crippen LogP contribution in [0.2, 0.25) is 0 Å². The average Bonchev–Trinajstić information content (AvgIpc) is 3.56. The first-order valence-electron chi connectivity index (χ1n) is 14.9. The lowest BCUT2D eigenvalue weighted by Gasteiger charge is -2.25. The van der Waals surface area contributed by atoms with E-state index in [-0.39, 0.29) is 53.7 Å². The van der Waals surface area contributed by atoms with Crippen molar-refractivity contribution in [2.45, 2.75) is 104 Å². The Morgan fingerprint density at radius 1 is 1.17 bits per heavy atom. The van der Waals surface area contributed by atoms with Gasteiger partial charge in [0.2, 0.25) is 5.91 Å². The molecule has 0 fully saturated rings. The highest BCUT2D eigenvalue weighted by molar-refractivity contribution is 8.14. The molecule has 0 aliphatic carbocycles. The summed E-state index contributed by atoms with van der Waals surface area (Å²) >= 11 is 4.35. The van der Waals surface area contributed by atoms with Crippen LogP contribution in [0.5, 0.6) is 0 Å². The fraction of sp³-hybridized carbons (Fsp3) is 0.677. The van der Waals surface area contributed by atoms with Gasteiger partial charge in [0.1, 0.15) is 27.1 Å². The van der Waals surface area contributed by atoms with Crippen molar-refractivity contribution in [2.24, 2.45) is 22.7 Å². The zero-order valence-corrected chi connectivity index (χ0v) is 27.4. The van der Waals surface area contributed by atoms with Gasteiger partial charge in [-0.1, -0.05) is 70.4 Å². The van der Waals surface area contributed by atoms with Gasteiger partial charge in [0.25, 0.3) is 0 Å². The van der Waals surface area contributed by atoms with E-state index in [2.05, 4.69) is 17.2 Å². The third kappa shape index (κ3) is 10.8. The van der Waals surface area contributed by atoms with Crippen LogP contribution in [0.1, 0.15) is 103 Å². The lowest BCUT2D eigenvalue weighted by atomic mass is 9.80. The van der Waals surface area contributed by atoms with E-state index < -0.39 is 11.5 Å². The number of unbranched alkanes of at least 4 members (excludes halogenated alkanes) is 4. The van der Waals surface area contributed by atoms with E-state index in [9.17, 15) is 19.2 Å². The Morgan fingerprint density at radius 2 is 1.95 bits per heavy atom. The summed E-state index contributed by atoms with van der Waals surface area (Å²) in [6, 6.07) is 0. The molecule has 7 nitrogen and oxygen atoms in total. The summed E-state index contributed by atoms with van der Waals surface area (Å²) in [5.41, 5.74) is -0.134. The maximum absolute atomic E-state index is 13.5. The molecule has 3 rings (SSSR count). The second-order valence-electron chi connectivity index (χ2n) is 11.6. The Kier molecular flexibility index (Phi) is 13.8. The highest BCUT2D eigenvalue weighted by Crippen LogP contribution is 2.35. The average molecular weight is 620 g/mol. The van der Waals surface area contributed by atoms with Gasteiger partial charge in [-0.05, 0) is 31.6 Å². The molecule has 0 saturated carbocycles. The number of nitrogens with zero attached hydrogens (tertiary/aromatic N) is 2. The number of amides is 1. The van der Waals surface area contributed by atoms with E-state index in [1.165, 1.54) is 54.1 Å².